The number of nitrogens with one attached hydrogen (secondary N) is 1. The first-order chi connectivity index (χ1) is 7.91. The first-order valence-corrected chi connectivity index (χ1v) is 6.26. The highest BCUT2D eigenvalue weighted by molar-refractivity contribution is 5.81. The van der Waals surface area contributed by atoms with Crippen LogP contribution in [0, 0.1) is 5.92 Å². The van der Waals surface area contributed by atoms with Crippen molar-refractivity contribution in [1.29, 1.82) is 0 Å². The van der Waals surface area contributed by atoms with E-state index in [1.807, 2.05) is 13.8 Å². The molecule has 1 rings (SSSR count). The average Bonchev–Trinajstić information content (AvgIpc) is 2.28. The topological polar surface area (TPSA) is 75.4 Å². The molecule has 0 radical (unpaired) electrons. The van der Waals surface area contributed by atoms with Gasteiger partial charge in [0.05, 0.1) is 6.04 Å². The van der Waals surface area contributed by atoms with Crippen LogP contribution in [-0.4, -0.2) is 41.9 Å². The van der Waals surface area contributed by atoms with Gasteiger partial charge in [0, 0.05) is 25.0 Å². The van der Waals surface area contributed by atoms with Crippen LogP contribution in [0.25, 0.3) is 0 Å². The van der Waals surface area contributed by atoms with Gasteiger partial charge >= 0.3 is 0 Å². The van der Waals surface area contributed by atoms with Gasteiger partial charge in [0.2, 0.25) is 11.8 Å². The molecule has 0 aliphatic carbocycles. The Morgan fingerprint density at radius 3 is 2.18 bits per heavy atom. The fraction of sp³-hybridized carbons (Fsp3) is 0.833. The standard InChI is InChI=1S/C12H23N3O2/c1-8(2)11(16)14-10-4-6-15(7-5-10)12(17)9(3)13/h8-10H,4-7,13H2,1-3H3,(H,14,16)/t9-/m0/s1. The van der Waals surface area contributed by atoms with Crippen molar-refractivity contribution >= 4 is 11.8 Å². The number of rotatable bonds is 3. The molecule has 0 saturated carbocycles. The van der Waals surface area contributed by atoms with Crippen LogP contribution >= 0.6 is 0 Å². The highest BCUT2D eigenvalue weighted by atomic mass is 16.2. The fourth-order valence-corrected chi connectivity index (χ4v) is 1.90. The Balaban J connectivity index is 2.36. The number of hydrogen-bond acceptors (Lipinski definition) is 3. The number of hydrogen-bond donors (Lipinski definition) is 2. The molecule has 1 fully saturated rings. The highest BCUT2D eigenvalue weighted by Crippen LogP contribution is 2.11. The Hall–Kier alpha value is -1.10. The molecule has 17 heavy (non-hydrogen) atoms. The summed E-state index contributed by atoms with van der Waals surface area (Å²) in [5.41, 5.74) is 5.56. The Morgan fingerprint density at radius 1 is 1.24 bits per heavy atom. The molecule has 0 unspecified atom stereocenters. The monoisotopic (exact) mass is 241 g/mol. The molecule has 0 aromatic carbocycles. The summed E-state index contributed by atoms with van der Waals surface area (Å²) in [4.78, 5) is 25.0. The van der Waals surface area contributed by atoms with E-state index in [1.54, 1.807) is 11.8 Å². The van der Waals surface area contributed by atoms with Crippen molar-refractivity contribution in [2.24, 2.45) is 11.7 Å². The lowest BCUT2D eigenvalue weighted by Gasteiger charge is -2.33. The van der Waals surface area contributed by atoms with Gasteiger partial charge in [-0.2, -0.15) is 0 Å². The minimum Gasteiger partial charge on any atom is -0.353 e. The average molecular weight is 241 g/mol. The third-order valence-corrected chi connectivity index (χ3v) is 3.07. The summed E-state index contributed by atoms with van der Waals surface area (Å²) in [5, 5.41) is 3.00. The van der Waals surface area contributed by atoms with Crippen LogP contribution in [0.15, 0.2) is 0 Å². The van der Waals surface area contributed by atoms with Gasteiger partial charge in [0.1, 0.15) is 0 Å². The van der Waals surface area contributed by atoms with E-state index in [1.165, 1.54) is 0 Å². The number of carbonyl (C=O) groups excluding carboxylic acids is 2. The van der Waals surface area contributed by atoms with E-state index in [0.717, 1.165) is 12.8 Å². The van der Waals surface area contributed by atoms with Gasteiger partial charge in [0.15, 0.2) is 0 Å². The van der Waals surface area contributed by atoms with Crippen LogP contribution < -0.4 is 11.1 Å². The van der Waals surface area contributed by atoms with Crippen molar-refractivity contribution in [3.63, 3.8) is 0 Å². The molecule has 5 heteroatoms. The lowest BCUT2D eigenvalue weighted by Crippen LogP contribution is -2.50. The summed E-state index contributed by atoms with van der Waals surface area (Å²) in [6.07, 6.45) is 1.63. The zero-order valence-corrected chi connectivity index (χ0v) is 10.9. The SMILES string of the molecule is CC(C)C(=O)NC1CCN(C(=O)[C@H](C)N)CC1. The lowest BCUT2D eigenvalue weighted by atomic mass is 10.0. The van der Waals surface area contributed by atoms with Gasteiger partial charge in [-0.1, -0.05) is 13.8 Å². The van der Waals surface area contributed by atoms with Crippen molar-refractivity contribution in [2.75, 3.05) is 13.1 Å². The van der Waals surface area contributed by atoms with Crippen molar-refractivity contribution < 1.29 is 9.59 Å². The molecule has 5 nitrogen and oxygen atoms in total. The second-order valence-corrected chi connectivity index (χ2v) is 5.05. The van der Waals surface area contributed by atoms with E-state index in [4.69, 9.17) is 5.73 Å². The summed E-state index contributed by atoms with van der Waals surface area (Å²) < 4.78 is 0. The van der Waals surface area contributed by atoms with E-state index < -0.39 is 6.04 Å². The molecule has 3 N–H and O–H groups in total. The van der Waals surface area contributed by atoms with Gasteiger partial charge in [-0.25, -0.2) is 0 Å². The molecule has 1 heterocycles. The molecule has 1 saturated heterocycles. The van der Waals surface area contributed by atoms with Crippen LogP contribution in [0.2, 0.25) is 0 Å². The summed E-state index contributed by atoms with van der Waals surface area (Å²) in [7, 11) is 0. The summed E-state index contributed by atoms with van der Waals surface area (Å²) in [5.74, 6) is 0.0966. The van der Waals surface area contributed by atoms with E-state index in [-0.39, 0.29) is 23.8 Å². The number of nitrogens with two attached hydrogens (primary N) is 1. The first kappa shape index (κ1) is 14.0. The quantitative estimate of drug-likeness (QED) is 0.735. The Morgan fingerprint density at radius 2 is 1.76 bits per heavy atom. The molecule has 1 atom stereocenters. The predicted molar refractivity (Wildman–Crippen MR) is 66.2 cm³/mol. The van der Waals surface area contributed by atoms with Gasteiger partial charge < -0.3 is 16.0 Å². The van der Waals surface area contributed by atoms with Gasteiger partial charge in [-0.15, -0.1) is 0 Å². The summed E-state index contributed by atoms with van der Waals surface area (Å²) >= 11 is 0. The van der Waals surface area contributed by atoms with E-state index in [0.29, 0.717) is 13.1 Å². The number of nitrogens with zero attached hydrogens (tertiary/aromatic N) is 1. The molecule has 1 aliphatic heterocycles. The van der Waals surface area contributed by atoms with E-state index >= 15 is 0 Å². The molecular formula is C12H23N3O2. The Kier molecular flexibility index (Phi) is 4.93. The number of piperidine rings is 1. The fourth-order valence-electron chi connectivity index (χ4n) is 1.90. The summed E-state index contributed by atoms with van der Waals surface area (Å²) in [6.45, 7) is 6.83. The molecule has 2 amide bonds. The lowest BCUT2D eigenvalue weighted by molar-refractivity contribution is -0.133. The molecule has 0 aromatic rings. The number of likely N-dealkylation sites (tertiary alicyclic amines) is 1. The minimum atomic E-state index is -0.434. The second-order valence-electron chi connectivity index (χ2n) is 5.05. The largest absolute Gasteiger partial charge is 0.353 e. The van der Waals surface area contributed by atoms with Crippen molar-refractivity contribution in [1.82, 2.24) is 10.2 Å². The first-order valence-electron chi connectivity index (χ1n) is 6.26. The van der Waals surface area contributed by atoms with E-state index in [2.05, 4.69) is 5.32 Å². The van der Waals surface area contributed by atoms with Crippen molar-refractivity contribution in [3.05, 3.63) is 0 Å². The third kappa shape index (κ3) is 4.00. The molecule has 0 aromatic heterocycles. The maximum atomic E-state index is 11.6. The second kappa shape index (κ2) is 6.00. The highest BCUT2D eigenvalue weighted by Gasteiger charge is 2.25. The maximum absolute atomic E-state index is 11.6. The molecule has 1 aliphatic rings. The Labute approximate surface area is 103 Å². The molecular weight excluding hydrogens is 218 g/mol. The number of amides is 2. The zero-order valence-electron chi connectivity index (χ0n) is 10.9. The number of carbonyl (C=O) groups is 2. The van der Waals surface area contributed by atoms with E-state index in [9.17, 15) is 9.59 Å². The van der Waals surface area contributed by atoms with Gasteiger partial charge in [-0.05, 0) is 19.8 Å². The molecule has 98 valence electrons. The Bertz CT molecular complexity index is 281. The van der Waals surface area contributed by atoms with Crippen molar-refractivity contribution in [2.45, 2.75) is 45.7 Å². The van der Waals surface area contributed by atoms with Crippen LogP contribution in [0.4, 0.5) is 0 Å². The predicted octanol–water partition coefficient (Wildman–Crippen LogP) is 0.0968. The van der Waals surface area contributed by atoms with Crippen LogP contribution in [0.1, 0.15) is 33.6 Å². The minimum absolute atomic E-state index is 0.00126. The van der Waals surface area contributed by atoms with Gasteiger partial charge in [0.25, 0.3) is 0 Å². The van der Waals surface area contributed by atoms with Crippen LogP contribution in [0.3, 0.4) is 0 Å². The smallest absolute Gasteiger partial charge is 0.239 e. The molecule has 0 bridgehead atoms. The van der Waals surface area contributed by atoms with Crippen LogP contribution in [-0.2, 0) is 9.59 Å². The summed E-state index contributed by atoms with van der Waals surface area (Å²) in [6, 6.07) is -0.237. The van der Waals surface area contributed by atoms with Crippen molar-refractivity contribution in [3.8, 4) is 0 Å². The molecule has 0 spiro atoms. The van der Waals surface area contributed by atoms with Gasteiger partial charge in [-0.3, -0.25) is 9.59 Å². The maximum Gasteiger partial charge on any atom is 0.239 e. The van der Waals surface area contributed by atoms with Crippen LogP contribution in [0.5, 0.6) is 0 Å². The third-order valence-electron chi connectivity index (χ3n) is 3.07. The zero-order chi connectivity index (χ0) is 13.0. The normalized spacial score (nSPS) is 19.2.